The van der Waals surface area contributed by atoms with Gasteiger partial charge in [0.1, 0.15) is 11.7 Å². The lowest BCUT2D eigenvalue weighted by atomic mass is 9.99. The second kappa shape index (κ2) is 7.75. The van der Waals surface area contributed by atoms with Crippen molar-refractivity contribution in [3.63, 3.8) is 0 Å². The number of nitrogens with zero attached hydrogens (tertiary/aromatic N) is 4. The molecule has 0 bridgehead atoms. The first kappa shape index (κ1) is 21.0. The molecule has 31 heavy (non-hydrogen) atoms. The Kier molecular flexibility index (Phi) is 5.24. The van der Waals surface area contributed by atoms with Crippen LogP contribution in [0.25, 0.3) is 0 Å². The summed E-state index contributed by atoms with van der Waals surface area (Å²) in [7, 11) is 1.84. The van der Waals surface area contributed by atoms with E-state index < -0.39 is 11.6 Å². The number of carbonyl (C=O) groups excluding carboxylic acids is 2. The van der Waals surface area contributed by atoms with E-state index in [1.54, 1.807) is 6.92 Å². The number of rotatable bonds is 4. The van der Waals surface area contributed by atoms with Crippen LogP contribution in [0.5, 0.6) is 0 Å². The SMILES string of the molecule is Cc1nc(NC2CN(C(=O)c3ccc(F)c(F)c3)C2)nc2c1NC(=O)C(C(C)C)N2C. The summed E-state index contributed by atoms with van der Waals surface area (Å²) in [5.41, 5.74) is 1.35. The molecule has 2 aliphatic rings. The van der Waals surface area contributed by atoms with E-state index in [0.29, 0.717) is 36.2 Å². The van der Waals surface area contributed by atoms with Crippen molar-refractivity contribution in [1.29, 1.82) is 0 Å². The minimum Gasteiger partial charge on any atom is -0.348 e. The number of aryl methyl sites for hydroxylation is 1. The van der Waals surface area contributed by atoms with Crippen molar-refractivity contribution in [3.05, 3.63) is 41.1 Å². The molecular formula is C21H24F2N6O2. The van der Waals surface area contributed by atoms with Crippen LogP contribution in [0.15, 0.2) is 18.2 Å². The van der Waals surface area contributed by atoms with E-state index in [0.717, 1.165) is 12.1 Å². The third-order valence-corrected chi connectivity index (χ3v) is 5.64. The van der Waals surface area contributed by atoms with Crippen LogP contribution in [0, 0.1) is 24.5 Å². The number of hydrogen-bond acceptors (Lipinski definition) is 6. The topological polar surface area (TPSA) is 90.5 Å². The molecular weight excluding hydrogens is 406 g/mol. The number of amides is 2. The summed E-state index contributed by atoms with van der Waals surface area (Å²) < 4.78 is 26.5. The van der Waals surface area contributed by atoms with Gasteiger partial charge in [-0.05, 0) is 31.0 Å². The highest BCUT2D eigenvalue weighted by Crippen LogP contribution is 2.34. The average molecular weight is 430 g/mol. The minimum atomic E-state index is -1.05. The van der Waals surface area contributed by atoms with Gasteiger partial charge in [0, 0.05) is 25.7 Å². The first-order valence-corrected chi connectivity index (χ1v) is 10.1. The van der Waals surface area contributed by atoms with Gasteiger partial charge in [0.05, 0.1) is 11.7 Å². The number of likely N-dealkylation sites (N-methyl/N-ethyl adjacent to an activating group) is 1. The lowest BCUT2D eigenvalue weighted by Gasteiger charge is -2.40. The predicted octanol–water partition coefficient (Wildman–Crippen LogP) is 2.41. The maximum Gasteiger partial charge on any atom is 0.254 e. The Hall–Kier alpha value is -3.30. The number of fused-ring (bicyclic) bond motifs is 1. The van der Waals surface area contributed by atoms with Crippen LogP contribution in [0.3, 0.4) is 0 Å². The van der Waals surface area contributed by atoms with E-state index in [1.165, 1.54) is 11.0 Å². The first-order valence-electron chi connectivity index (χ1n) is 10.1. The highest BCUT2D eigenvalue weighted by Gasteiger charge is 2.36. The highest BCUT2D eigenvalue weighted by molar-refractivity contribution is 6.03. The largest absolute Gasteiger partial charge is 0.348 e. The number of aromatic nitrogens is 2. The summed E-state index contributed by atoms with van der Waals surface area (Å²) in [4.78, 5) is 37.3. The Morgan fingerprint density at radius 3 is 2.58 bits per heavy atom. The molecule has 1 unspecified atom stereocenters. The van der Waals surface area contributed by atoms with Crippen LogP contribution in [-0.2, 0) is 4.79 Å². The fourth-order valence-electron chi connectivity index (χ4n) is 4.01. The van der Waals surface area contributed by atoms with Crippen molar-refractivity contribution in [2.45, 2.75) is 32.9 Å². The second-order valence-electron chi connectivity index (χ2n) is 8.30. The summed E-state index contributed by atoms with van der Waals surface area (Å²) in [6.07, 6.45) is 0. The van der Waals surface area contributed by atoms with Crippen LogP contribution in [0.2, 0.25) is 0 Å². The molecule has 2 N–H and O–H groups in total. The lowest BCUT2D eigenvalue weighted by molar-refractivity contribution is -0.118. The molecule has 2 aliphatic heterocycles. The lowest BCUT2D eigenvalue weighted by Crippen LogP contribution is -2.57. The zero-order valence-electron chi connectivity index (χ0n) is 17.7. The molecule has 0 radical (unpaired) electrons. The molecule has 2 amide bonds. The molecule has 1 aromatic heterocycles. The number of benzene rings is 1. The molecule has 10 heteroatoms. The van der Waals surface area contributed by atoms with Gasteiger partial charge in [-0.1, -0.05) is 13.8 Å². The number of likely N-dealkylation sites (tertiary alicyclic amines) is 1. The normalized spacial score (nSPS) is 18.5. The first-order chi connectivity index (χ1) is 14.7. The summed E-state index contributed by atoms with van der Waals surface area (Å²) in [5, 5.41) is 6.12. The van der Waals surface area contributed by atoms with Gasteiger partial charge >= 0.3 is 0 Å². The van der Waals surface area contributed by atoms with Gasteiger partial charge in [0.25, 0.3) is 5.91 Å². The number of nitrogens with one attached hydrogen (secondary N) is 2. The third kappa shape index (κ3) is 3.77. The molecule has 0 saturated carbocycles. The molecule has 0 spiro atoms. The minimum absolute atomic E-state index is 0.0731. The smallest absolute Gasteiger partial charge is 0.254 e. The second-order valence-corrected chi connectivity index (χ2v) is 8.30. The number of anilines is 3. The van der Waals surface area contributed by atoms with Gasteiger partial charge in [-0.25, -0.2) is 13.8 Å². The molecule has 3 heterocycles. The summed E-state index contributed by atoms with van der Waals surface area (Å²) in [5.74, 6) is -1.32. The summed E-state index contributed by atoms with van der Waals surface area (Å²) >= 11 is 0. The standard InChI is InChI=1S/C21H24F2N6O2/c1-10(2)17-19(30)26-16-11(3)24-21(27-18(16)28(17)4)25-13-8-29(9-13)20(31)12-5-6-14(22)15(23)7-12/h5-7,10,13,17H,8-9H2,1-4H3,(H,26,30)(H,24,25,27). The summed E-state index contributed by atoms with van der Waals surface area (Å²) in [6.45, 7) is 6.53. The van der Waals surface area contributed by atoms with E-state index in [4.69, 9.17) is 0 Å². The number of carbonyl (C=O) groups is 2. The van der Waals surface area contributed by atoms with Crippen LogP contribution >= 0.6 is 0 Å². The molecule has 0 aliphatic carbocycles. The average Bonchev–Trinajstić information content (AvgIpc) is 2.67. The Bertz CT molecular complexity index is 1050. The van der Waals surface area contributed by atoms with Crippen molar-refractivity contribution < 1.29 is 18.4 Å². The maximum absolute atomic E-state index is 13.4. The van der Waals surface area contributed by atoms with Crippen molar-refractivity contribution in [1.82, 2.24) is 14.9 Å². The molecule has 1 saturated heterocycles. The Balaban J connectivity index is 1.45. The number of halogens is 2. The molecule has 1 atom stereocenters. The van der Waals surface area contributed by atoms with Gasteiger partial charge in [-0.2, -0.15) is 4.98 Å². The van der Waals surface area contributed by atoms with Gasteiger partial charge in [-0.15, -0.1) is 0 Å². The van der Waals surface area contributed by atoms with E-state index in [-0.39, 0.29) is 35.4 Å². The van der Waals surface area contributed by atoms with Crippen LogP contribution in [-0.4, -0.2) is 58.9 Å². The molecule has 1 fully saturated rings. The molecule has 8 nitrogen and oxygen atoms in total. The van der Waals surface area contributed by atoms with Gasteiger partial charge < -0.3 is 20.4 Å². The monoisotopic (exact) mass is 430 g/mol. The third-order valence-electron chi connectivity index (χ3n) is 5.64. The molecule has 4 rings (SSSR count). The quantitative estimate of drug-likeness (QED) is 0.774. The van der Waals surface area contributed by atoms with E-state index in [1.807, 2.05) is 25.8 Å². The Morgan fingerprint density at radius 2 is 1.94 bits per heavy atom. The highest BCUT2D eigenvalue weighted by atomic mass is 19.2. The molecule has 1 aromatic carbocycles. The number of hydrogen-bond donors (Lipinski definition) is 2. The predicted molar refractivity (Wildman–Crippen MR) is 112 cm³/mol. The Morgan fingerprint density at radius 1 is 1.23 bits per heavy atom. The van der Waals surface area contributed by atoms with Gasteiger partial charge in [-0.3, -0.25) is 9.59 Å². The summed E-state index contributed by atoms with van der Waals surface area (Å²) in [6, 6.07) is 2.72. The van der Waals surface area contributed by atoms with Crippen molar-refractivity contribution >= 4 is 29.3 Å². The fraction of sp³-hybridized carbons (Fsp3) is 0.429. The van der Waals surface area contributed by atoms with Crippen molar-refractivity contribution in [3.8, 4) is 0 Å². The van der Waals surface area contributed by atoms with Crippen LogP contribution < -0.4 is 15.5 Å². The van der Waals surface area contributed by atoms with Crippen molar-refractivity contribution in [2.24, 2.45) is 5.92 Å². The van der Waals surface area contributed by atoms with Crippen LogP contribution in [0.4, 0.5) is 26.2 Å². The molecule has 164 valence electrons. The maximum atomic E-state index is 13.4. The zero-order valence-corrected chi connectivity index (χ0v) is 17.7. The van der Waals surface area contributed by atoms with Gasteiger partial charge in [0.2, 0.25) is 11.9 Å². The molecule has 2 aromatic rings. The van der Waals surface area contributed by atoms with E-state index >= 15 is 0 Å². The van der Waals surface area contributed by atoms with E-state index in [2.05, 4.69) is 20.6 Å². The van der Waals surface area contributed by atoms with Crippen molar-refractivity contribution in [2.75, 3.05) is 35.7 Å². The zero-order chi connectivity index (χ0) is 22.4. The van der Waals surface area contributed by atoms with Gasteiger partial charge in [0.15, 0.2) is 17.5 Å². The fourth-order valence-corrected chi connectivity index (χ4v) is 4.01. The van der Waals surface area contributed by atoms with Crippen LogP contribution in [0.1, 0.15) is 29.9 Å². The van der Waals surface area contributed by atoms with E-state index in [9.17, 15) is 18.4 Å². The Labute approximate surface area is 178 Å².